The minimum atomic E-state index is 0.243. The topological polar surface area (TPSA) is 52.1 Å². The summed E-state index contributed by atoms with van der Waals surface area (Å²) in [6, 6.07) is 0.539. The van der Waals surface area contributed by atoms with Crippen molar-refractivity contribution < 1.29 is 4.74 Å². The van der Waals surface area contributed by atoms with Crippen LogP contribution in [0.4, 0.5) is 0 Å². The standard InChI is InChI=1S/C21H41N5O/c1-18(2)16-25-12-6-19(7-13-25)24-20(22-3)23-17-21(8-14-27-15-9-21)26-10-4-5-11-26/h18-19H,4-17H2,1-3H3,(H2,22,23,24). The molecular formula is C21H41N5O. The Hall–Kier alpha value is -0.850. The summed E-state index contributed by atoms with van der Waals surface area (Å²) in [4.78, 5) is 9.83. The van der Waals surface area contributed by atoms with Crippen molar-refractivity contribution in [1.82, 2.24) is 20.4 Å². The van der Waals surface area contributed by atoms with E-state index < -0.39 is 0 Å². The molecule has 3 aliphatic rings. The van der Waals surface area contributed by atoms with E-state index >= 15 is 0 Å². The molecule has 0 aromatic carbocycles. The van der Waals surface area contributed by atoms with E-state index in [-0.39, 0.29) is 5.54 Å². The minimum absolute atomic E-state index is 0.243. The SMILES string of the molecule is CN=C(NCC1(N2CCCC2)CCOCC1)NC1CCN(CC(C)C)CC1. The molecule has 0 aromatic heterocycles. The summed E-state index contributed by atoms with van der Waals surface area (Å²) in [5, 5.41) is 7.36. The molecule has 3 fully saturated rings. The second kappa shape index (κ2) is 10.1. The zero-order chi connectivity index (χ0) is 19.1. The van der Waals surface area contributed by atoms with Gasteiger partial charge in [-0.3, -0.25) is 9.89 Å². The molecule has 0 bridgehead atoms. The number of piperidine rings is 1. The Morgan fingerprint density at radius 3 is 2.37 bits per heavy atom. The molecular weight excluding hydrogens is 338 g/mol. The van der Waals surface area contributed by atoms with Crippen molar-refractivity contribution >= 4 is 5.96 Å². The molecule has 0 spiro atoms. The first-order chi connectivity index (χ1) is 13.1. The van der Waals surface area contributed by atoms with Gasteiger partial charge in [-0.25, -0.2) is 0 Å². The van der Waals surface area contributed by atoms with Crippen molar-refractivity contribution in [3.63, 3.8) is 0 Å². The van der Waals surface area contributed by atoms with Crippen LogP contribution in [0.1, 0.15) is 52.4 Å². The van der Waals surface area contributed by atoms with Crippen LogP contribution >= 0.6 is 0 Å². The number of rotatable bonds is 6. The van der Waals surface area contributed by atoms with Gasteiger partial charge >= 0.3 is 0 Å². The van der Waals surface area contributed by atoms with Crippen molar-refractivity contribution in [3.8, 4) is 0 Å². The third kappa shape index (κ3) is 5.81. The molecule has 3 rings (SSSR count). The van der Waals surface area contributed by atoms with Gasteiger partial charge in [0.1, 0.15) is 0 Å². The average Bonchev–Trinajstić information content (AvgIpc) is 3.22. The predicted octanol–water partition coefficient (Wildman–Crippen LogP) is 1.92. The Balaban J connectivity index is 1.48. The molecule has 0 aromatic rings. The summed E-state index contributed by atoms with van der Waals surface area (Å²) in [5.74, 6) is 1.73. The second-order valence-electron chi connectivity index (χ2n) is 9.07. The van der Waals surface area contributed by atoms with Gasteiger partial charge in [0, 0.05) is 58.0 Å². The smallest absolute Gasteiger partial charge is 0.191 e. The lowest BCUT2D eigenvalue weighted by Gasteiger charge is -2.45. The number of likely N-dealkylation sites (tertiary alicyclic amines) is 2. The second-order valence-corrected chi connectivity index (χ2v) is 9.07. The predicted molar refractivity (Wildman–Crippen MR) is 112 cm³/mol. The first-order valence-corrected chi connectivity index (χ1v) is 11.1. The highest BCUT2D eigenvalue weighted by Gasteiger charge is 2.39. The lowest BCUT2D eigenvalue weighted by molar-refractivity contribution is -0.0164. The van der Waals surface area contributed by atoms with Gasteiger partial charge in [0.2, 0.25) is 0 Å². The lowest BCUT2D eigenvalue weighted by Crippen LogP contribution is -2.59. The Morgan fingerprint density at radius 2 is 1.78 bits per heavy atom. The van der Waals surface area contributed by atoms with Gasteiger partial charge in [-0.1, -0.05) is 13.8 Å². The van der Waals surface area contributed by atoms with Crippen molar-refractivity contribution in [2.45, 2.75) is 64.0 Å². The number of nitrogens with zero attached hydrogens (tertiary/aromatic N) is 3. The van der Waals surface area contributed by atoms with Crippen LogP contribution in [0.15, 0.2) is 4.99 Å². The molecule has 0 saturated carbocycles. The molecule has 3 heterocycles. The van der Waals surface area contributed by atoms with Gasteiger partial charge in [-0.15, -0.1) is 0 Å². The quantitative estimate of drug-likeness (QED) is 0.545. The van der Waals surface area contributed by atoms with E-state index in [0.29, 0.717) is 6.04 Å². The van der Waals surface area contributed by atoms with Crippen LogP contribution in [0.25, 0.3) is 0 Å². The third-order valence-corrected chi connectivity index (χ3v) is 6.56. The zero-order valence-electron chi connectivity index (χ0n) is 17.8. The molecule has 6 nitrogen and oxygen atoms in total. The fourth-order valence-electron chi connectivity index (χ4n) is 4.96. The molecule has 0 radical (unpaired) electrons. The maximum Gasteiger partial charge on any atom is 0.191 e. The van der Waals surface area contributed by atoms with Crippen molar-refractivity contribution in [2.24, 2.45) is 10.9 Å². The lowest BCUT2D eigenvalue weighted by atomic mass is 9.88. The van der Waals surface area contributed by atoms with E-state index in [1.807, 2.05) is 7.05 Å². The van der Waals surface area contributed by atoms with Gasteiger partial charge in [0.05, 0.1) is 0 Å². The number of ether oxygens (including phenoxy) is 1. The van der Waals surface area contributed by atoms with Crippen molar-refractivity contribution in [2.75, 3.05) is 59.5 Å². The molecule has 0 unspecified atom stereocenters. The average molecular weight is 380 g/mol. The molecule has 3 saturated heterocycles. The van der Waals surface area contributed by atoms with Gasteiger partial charge in [0.15, 0.2) is 5.96 Å². The number of nitrogens with one attached hydrogen (secondary N) is 2. The molecule has 2 N–H and O–H groups in total. The Labute approximate surface area is 166 Å². The van der Waals surface area contributed by atoms with E-state index in [2.05, 4.69) is 39.3 Å². The van der Waals surface area contributed by atoms with Gasteiger partial charge in [-0.05, 0) is 57.5 Å². The summed E-state index contributed by atoms with van der Waals surface area (Å²) in [7, 11) is 1.90. The Bertz CT molecular complexity index is 461. The third-order valence-electron chi connectivity index (χ3n) is 6.56. The van der Waals surface area contributed by atoms with Gasteiger partial charge in [0.25, 0.3) is 0 Å². The number of hydrogen-bond donors (Lipinski definition) is 2. The van der Waals surface area contributed by atoms with E-state index in [1.54, 1.807) is 0 Å². The van der Waals surface area contributed by atoms with Crippen LogP contribution in [0.5, 0.6) is 0 Å². The monoisotopic (exact) mass is 379 g/mol. The summed E-state index contributed by atoms with van der Waals surface area (Å²) >= 11 is 0. The van der Waals surface area contributed by atoms with Crippen LogP contribution in [-0.4, -0.2) is 86.9 Å². The van der Waals surface area contributed by atoms with Crippen LogP contribution in [0.2, 0.25) is 0 Å². The molecule has 27 heavy (non-hydrogen) atoms. The van der Waals surface area contributed by atoms with E-state index in [0.717, 1.165) is 44.5 Å². The Kier molecular flexibility index (Phi) is 7.79. The van der Waals surface area contributed by atoms with E-state index in [4.69, 9.17) is 4.74 Å². The number of guanidine groups is 1. The largest absolute Gasteiger partial charge is 0.381 e. The van der Waals surface area contributed by atoms with Gasteiger partial charge < -0.3 is 20.3 Å². The molecule has 0 aliphatic carbocycles. The first-order valence-electron chi connectivity index (χ1n) is 11.1. The molecule has 3 aliphatic heterocycles. The fourth-order valence-corrected chi connectivity index (χ4v) is 4.96. The van der Waals surface area contributed by atoms with Crippen LogP contribution in [0, 0.1) is 5.92 Å². The summed E-state index contributed by atoms with van der Waals surface area (Å²) < 4.78 is 5.67. The summed E-state index contributed by atoms with van der Waals surface area (Å²) in [6.45, 7) is 13.5. The highest BCUT2D eigenvalue weighted by Crippen LogP contribution is 2.30. The number of aliphatic imine (C=N–C) groups is 1. The first kappa shape index (κ1) is 20.9. The maximum absolute atomic E-state index is 5.67. The molecule has 6 heteroatoms. The highest BCUT2D eigenvalue weighted by atomic mass is 16.5. The maximum atomic E-state index is 5.67. The van der Waals surface area contributed by atoms with E-state index in [9.17, 15) is 0 Å². The summed E-state index contributed by atoms with van der Waals surface area (Å²) in [5.41, 5.74) is 0.243. The van der Waals surface area contributed by atoms with Gasteiger partial charge in [-0.2, -0.15) is 0 Å². The van der Waals surface area contributed by atoms with Crippen LogP contribution < -0.4 is 10.6 Å². The normalized spacial score (nSPS) is 25.9. The highest BCUT2D eigenvalue weighted by molar-refractivity contribution is 5.80. The van der Waals surface area contributed by atoms with Crippen LogP contribution in [0.3, 0.4) is 0 Å². The fraction of sp³-hybridized carbons (Fsp3) is 0.952. The van der Waals surface area contributed by atoms with E-state index in [1.165, 1.54) is 58.4 Å². The zero-order valence-corrected chi connectivity index (χ0v) is 17.8. The molecule has 0 atom stereocenters. The Morgan fingerprint density at radius 1 is 1.11 bits per heavy atom. The van der Waals surface area contributed by atoms with Crippen molar-refractivity contribution in [1.29, 1.82) is 0 Å². The number of hydrogen-bond acceptors (Lipinski definition) is 4. The minimum Gasteiger partial charge on any atom is -0.381 e. The van der Waals surface area contributed by atoms with Crippen LogP contribution in [-0.2, 0) is 4.74 Å². The molecule has 0 amide bonds. The molecule has 156 valence electrons. The summed E-state index contributed by atoms with van der Waals surface area (Å²) in [6.07, 6.45) is 7.35. The van der Waals surface area contributed by atoms with Crippen molar-refractivity contribution in [3.05, 3.63) is 0 Å².